The largest absolute Gasteiger partial charge is 0.394 e. The van der Waals surface area contributed by atoms with E-state index >= 15 is 0 Å². The zero-order chi connectivity index (χ0) is 22.7. The summed E-state index contributed by atoms with van der Waals surface area (Å²) in [6.45, 7) is 2.05. The summed E-state index contributed by atoms with van der Waals surface area (Å²) in [4.78, 5) is 4.23. The van der Waals surface area contributed by atoms with Gasteiger partial charge in [0.25, 0.3) is 0 Å². The molecule has 3 aromatic rings. The van der Waals surface area contributed by atoms with Gasteiger partial charge in [0.2, 0.25) is 0 Å². The second-order valence-corrected chi connectivity index (χ2v) is 8.53. The van der Waals surface area contributed by atoms with E-state index in [0.29, 0.717) is 0 Å². The molecule has 31 heavy (non-hydrogen) atoms. The molecule has 162 valence electrons. The van der Waals surface area contributed by atoms with Gasteiger partial charge in [0.05, 0.1) is 6.04 Å². The molecule has 0 saturated heterocycles. The van der Waals surface area contributed by atoms with Crippen molar-refractivity contribution in [3.63, 3.8) is 0 Å². The lowest BCUT2D eigenvalue weighted by Gasteiger charge is -2.45. The van der Waals surface area contributed by atoms with E-state index in [0.717, 1.165) is 44.9 Å². The average Bonchev–Trinajstić information content (AvgIpc) is 2.66. The molecular weight excluding hydrogens is 426 g/mol. The van der Waals surface area contributed by atoms with Crippen molar-refractivity contribution >= 4 is 27.5 Å². The van der Waals surface area contributed by atoms with Crippen LogP contribution in [0.1, 0.15) is 22.7 Å². The standard InChI is InChI=1S/C22H18F2N2.H2O4S/c1-12-8-16-15-10-13(23)4-6-18(15)26(3)22-17-11-14(24)5-7-19(17)25(2)20(9-12)21(16)22;1-5(2,3)4/h4-11,22H,1-3H3;(H2,1,2,3,4). The SMILES string of the molecule is Cc1cc2c3c(c1)N(C)c1ccc(F)cc1C3N(C)c1ccc(F)cc1-2.O=S(=O)(O)O. The van der Waals surface area contributed by atoms with Gasteiger partial charge >= 0.3 is 10.4 Å². The highest BCUT2D eigenvalue weighted by atomic mass is 32.3. The highest BCUT2D eigenvalue weighted by molar-refractivity contribution is 7.79. The van der Waals surface area contributed by atoms with Gasteiger partial charge in [0, 0.05) is 47.8 Å². The number of aryl methyl sites for hydroxylation is 1. The highest BCUT2D eigenvalue weighted by Gasteiger charge is 2.38. The average molecular weight is 446 g/mol. The minimum atomic E-state index is -4.67. The van der Waals surface area contributed by atoms with Crippen LogP contribution in [0.25, 0.3) is 11.1 Å². The summed E-state index contributed by atoms with van der Waals surface area (Å²) in [6.07, 6.45) is 0. The van der Waals surface area contributed by atoms with Crippen LogP contribution in [0.5, 0.6) is 0 Å². The highest BCUT2D eigenvalue weighted by Crippen LogP contribution is 2.55. The number of hydrogen-bond acceptors (Lipinski definition) is 4. The van der Waals surface area contributed by atoms with Gasteiger partial charge < -0.3 is 9.80 Å². The molecule has 5 rings (SSSR count). The number of fused-ring (bicyclic) bond motifs is 4. The topological polar surface area (TPSA) is 81.1 Å². The first-order chi connectivity index (χ1) is 14.5. The predicted molar refractivity (Wildman–Crippen MR) is 115 cm³/mol. The molecule has 1 unspecified atom stereocenters. The van der Waals surface area contributed by atoms with Crippen molar-refractivity contribution in [3.05, 3.63) is 76.9 Å². The Kier molecular flexibility index (Phi) is 5.00. The van der Waals surface area contributed by atoms with Crippen LogP contribution < -0.4 is 9.80 Å². The molecule has 2 N–H and O–H groups in total. The van der Waals surface area contributed by atoms with Crippen LogP contribution in [-0.2, 0) is 10.4 Å². The predicted octanol–water partition coefficient (Wildman–Crippen LogP) is 4.91. The fourth-order valence-electron chi connectivity index (χ4n) is 4.47. The third kappa shape index (κ3) is 3.76. The molecule has 0 radical (unpaired) electrons. The van der Waals surface area contributed by atoms with Crippen molar-refractivity contribution in [1.29, 1.82) is 0 Å². The quantitative estimate of drug-likeness (QED) is 0.478. The van der Waals surface area contributed by atoms with E-state index in [1.165, 1.54) is 12.1 Å². The molecule has 0 amide bonds. The zero-order valence-electron chi connectivity index (χ0n) is 17.0. The van der Waals surface area contributed by atoms with Crippen LogP contribution >= 0.6 is 0 Å². The van der Waals surface area contributed by atoms with Crippen LogP contribution in [0.15, 0.2) is 48.5 Å². The molecule has 2 aliphatic heterocycles. The molecule has 1 atom stereocenters. The van der Waals surface area contributed by atoms with Crippen molar-refractivity contribution in [2.45, 2.75) is 13.0 Å². The third-order valence-corrected chi connectivity index (χ3v) is 5.60. The maximum atomic E-state index is 14.1. The second-order valence-electron chi connectivity index (χ2n) is 7.63. The lowest BCUT2D eigenvalue weighted by Crippen LogP contribution is -2.35. The van der Waals surface area contributed by atoms with Gasteiger partial charge in [-0.1, -0.05) is 6.07 Å². The van der Waals surface area contributed by atoms with Crippen molar-refractivity contribution < 1.29 is 26.3 Å². The molecule has 0 fully saturated rings. The van der Waals surface area contributed by atoms with Crippen LogP contribution in [0.3, 0.4) is 0 Å². The lowest BCUT2D eigenvalue weighted by atomic mass is 9.80. The maximum Gasteiger partial charge on any atom is 0.394 e. The minimum Gasteiger partial charge on any atom is -0.363 e. The van der Waals surface area contributed by atoms with E-state index in [9.17, 15) is 8.78 Å². The number of hydrogen-bond donors (Lipinski definition) is 2. The number of rotatable bonds is 0. The van der Waals surface area contributed by atoms with Gasteiger partial charge in [0.15, 0.2) is 0 Å². The molecular formula is C22H20F2N2O4S. The number of nitrogens with zero attached hydrogens (tertiary/aromatic N) is 2. The number of halogens is 2. The Morgan fingerprint density at radius 3 is 2.06 bits per heavy atom. The summed E-state index contributed by atoms with van der Waals surface area (Å²) in [5.41, 5.74) is 8.12. The Bertz CT molecular complexity index is 1300. The molecule has 0 aromatic heterocycles. The Hall–Kier alpha value is -3.01. The van der Waals surface area contributed by atoms with E-state index in [4.69, 9.17) is 17.5 Å². The molecule has 2 aliphatic rings. The number of benzene rings is 3. The van der Waals surface area contributed by atoms with Crippen LogP contribution in [0, 0.1) is 18.6 Å². The van der Waals surface area contributed by atoms with E-state index in [2.05, 4.69) is 28.9 Å². The first-order valence-corrected chi connectivity index (χ1v) is 10.8. The van der Waals surface area contributed by atoms with Gasteiger partial charge in [0.1, 0.15) is 11.6 Å². The van der Waals surface area contributed by atoms with Crippen LogP contribution in [0.4, 0.5) is 25.8 Å². The Labute approximate surface area is 178 Å². The third-order valence-electron chi connectivity index (χ3n) is 5.60. The minimum absolute atomic E-state index is 0.0968. The molecule has 0 saturated carbocycles. The first-order valence-electron chi connectivity index (χ1n) is 9.36. The van der Waals surface area contributed by atoms with Crippen molar-refractivity contribution in [2.24, 2.45) is 0 Å². The molecule has 6 nitrogen and oxygen atoms in total. The lowest BCUT2D eigenvalue weighted by molar-refractivity contribution is 0.381. The molecule has 0 aliphatic carbocycles. The summed E-state index contributed by atoms with van der Waals surface area (Å²) < 4.78 is 59.7. The van der Waals surface area contributed by atoms with Gasteiger partial charge in [-0.05, 0) is 60.5 Å². The zero-order valence-corrected chi connectivity index (χ0v) is 17.8. The van der Waals surface area contributed by atoms with Crippen LogP contribution in [0.2, 0.25) is 0 Å². The van der Waals surface area contributed by atoms with Crippen molar-refractivity contribution in [2.75, 3.05) is 23.9 Å². The fourth-order valence-corrected chi connectivity index (χ4v) is 4.47. The van der Waals surface area contributed by atoms with Crippen molar-refractivity contribution in [3.8, 4) is 11.1 Å². The summed E-state index contributed by atoms with van der Waals surface area (Å²) >= 11 is 0. The maximum absolute atomic E-state index is 14.1. The van der Waals surface area contributed by atoms with Gasteiger partial charge in [-0.25, -0.2) is 8.78 Å². The van der Waals surface area contributed by atoms with E-state index < -0.39 is 10.4 Å². The Morgan fingerprint density at radius 2 is 1.42 bits per heavy atom. The second kappa shape index (κ2) is 7.30. The summed E-state index contributed by atoms with van der Waals surface area (Å²) in [6, 6.07) is 14.0. The van der Waals surface area contributed by atoms with Crippen LogP contribution in [-0.4, -0.2) is 31.6 Å². The van der Waals surface area contributed by atoms with Crippen molar-refractivity contribution in [1.82, 2.24) is 0 Å². The van der Waals surface area contributed by atoms with Gasteiger partial charge in [-0.2, -0.15) is 8.42 Å². The first kappa shape index (κ1) is 21.2. The Morgan fingerprint density at radius 1 is 0.839 bits per heavy atom. The smallest absolute Gasteiger partial charge is 0.363 e. The number of anilines is 3. The molecule has 0 bridgehead atoms. The van der Waals surface area contributed by atoms with E-state index in [1.54, 1.807) is 12.1 Å². The molecule has 0 spiro atoms. The normalized spacial score (nSPS) is 16.0. The van der Waals surface area contributed by atoms with E-state index in [1.807, 2.05) is 26.2 Å². The molecule has 9 heteroatoms. The van der Waals surface area contributed by atoms with Gasteiger partial charge in [-0.3, -0.25) is 9.11 Å². The fraction of sp³-hybridized carbons (Fsp3) is 0.182. The summed E-state index contributed by atoms with van der Waals surface area (Å²) in [5, 5.41) is 0. The summed E-state index contributed by atoms with van der Waals surface area (Å²) in [7, 11) is -0.670. The van der Waals surface area contributed by atoms with Gasteiger partial charge in [-0.15, -0.1) is 0 Å². The summed E-state index contributed by atoms with van der Waals surface area (Å²) in [5.74, 6) is -0.492. The Balaban J connectivity index is 0.000000418. The molecule has 3 aromatic carbocycles. The van der Waals surface area contributed by atoms with E-state index in [-0.39, 0.29) is 17.7 Å². The molecule has 2 heterocycles. The monoisotopic (exact) mass is 446 g/mol.